The number of carbonyl (C=O) groups is 1. The molecule has 1 amide bonds. The zero-order chi connectivity index (χ0) is 22.9. The smallest absolute Gasteiger partial charge is 0.268 e. The van der Waals surface area contributed by atoms with Gasteiger partial charge in [0.25, 0.3) is 5.91 Å². The fraction of sp³-hybridized carbons (Fsp3) is 0.240. The molecule has 1 saturated heterocycles. The Morgan fingerprint density at radius 3 is 2.56 bits per heavy atom. The number of amides is 1. The Bertz CT molecular complexity index is 1010. The summed E-state index contributed by atoms with van der Waals surface area (Å²) in [6, 6.07) is 10.9. The third kappa shape index (κ3) is 5.63. The molecule has 1 aromatic heterocycles. The van der Waals surface area contributed by atoms with Gasteiger partial charge < -0.3 is 20.3 Å². The molecule has 32 heavy (non-hydrogen) atoms. The van der Waals surface area contributed by atoms with Crippen LogP contribution in [0, 0.1) is 5.41 Å². The van der Waals surface area contributed by atoms with Crippen LogP contribution < -0.4 is 15.4 Å². The van der Waals surface area contributed by atoms with Crippen LogP contribution in [0.2, 0.25) is 0 Å². The fourth-order valence-electron chi connectivity index (χ4n) is 3.60. The molecule has 0 radical (unpaired) electrons. The molecule has 0 bridgehead atoms. The quantitative estimate of drug-likeness (QED) is 0.380. The van der Waals surface area contributed by atoms with Gasteiger partial charge in [-0.2, -0.15) is 0 Å². The van der Waals surface area contributed by atoms with Crippen molar-refractivity contribution in [3.05, 3.63) is 90.8 Å². The Labute approximate surface area is 189 Å². The lowest BCUT2D eigenvalue weighted by Crippen LogP contribution is -2.52. The molecule has 0 aliphatic carbocycles. The highest BCUT2D eigenvalue weighted by Gasteiger charge is 2.31. The maximum absolute atomic E-state index is 13.6. The predicted molar refractivity (Wildman–Crippen MR) is 128 cm³/mol. The number of pyridine rings is 1. The largest absolute Gasteiger partial charge is 0.476 e. The van der Waals surface area contributed by atoms with Gasteiger partial charge in [-0.05, 0) is 31.2 Å². The van der Waals surface area contributed by atoms with E-state index in [2.05, 4.69) is 16.5 Å². The van der Waals surface area contributed by atoms with Crippen LogP contribution in [0.25, 0.3) is 0 Å². The second kappa shape index (κ2) is 10.9. The van der Waals surface area contributed by atoms with Crippen LogP contribution in [0.5, 0.6) is 5.75 Å². The SMILES string of the molecule is C=C/C=C(\C=C/C)C(Oc1cccc(C(=N)N)c1)C(=O)N1CCN(c2ccncc2)CC1. The first-order valence-electron chi connectivity index (χ1n) is 10.5. The van der Waals surface area contributed by atoms with Gasteiger partial charge in [0, 0.05) is 55.4 Å². The van der Waals surface area contributed by atoms with Crippen molar-refractivity contribution in [1.29, 1.82) is 5.41 Å². The molecule has 1 aliphatic rings. The molecule has 1 atom stereocenters. The summed E-state index contributed by atoms with van der Waals surface area (Å²) in [5.74, 6) is 0.311. The molecule has 2 heterocycles. The zero-order valence-corrected chi connectivity index (χ0v) is 18.3. The molecule has 1 unspecified atom stereocenters. The number of hydrogen-bond acceptors (Lipinski definition) is 5. The molecule has 1 fully saturated rings. The lowest BCUT2D eigenvalue weighted by atomic mass is 10.1. The average Bonchev–Trinajstić information content (AvgIpc) is 2.83. The van der Waals surface area contributed by atoms with Crippen molar-refractivity contribution in [3.8, 4) is 5.75 Å². The van der Waals surface area contributed by atoms with E-state index in [-0.39, 0.29) is 11.7 Å². The highest BCUT2D eigenvalue weighted by atomic mass is 16.5. The van der Waals surface area contributed by atoms with E-state index in [1.54, 1.807) is 48.8 Å². The van der Waals surface area contributed by atoms with Crippen molar-refractivity contribution < 1.29 is 9.53 Å². The van der Waals surface area contributed by atoms with Crippen molar-refractivity contribution in [1.82, 2.24) is 9.88 Å². The van der Waals surface area contributed by atoms with Crippen molar-refractivity contribution in [3.63, 3.8) is 0 Å². The highest BCUT2D eigenvalue weighted by Crippen LogP contribution is 2.22. The number of nitrogens with zero attached hydrogens (tertiary/aromatic N) is 3. The fourth-order valence-corrected chi connectivity index (χ4v) is 3.60. The van der Waals surface area contributed by atoms with Gasteiger partial charge >= 0.3 is 0 Å². The van der Waals surface area contributed by atoms with Crippen LogP contribution in [0.1, 0.15) is 12.5 Å². The lowest BCUT2D eigenvalue weighted by Gasteiger charge is -2.37. The first-order chi connectivity index (χ1) is 15.5. The summed E-state index contributed by atoms with van der Waals surface area (Å²) in [5.41, 5.74) is 7.96. The number of nitrogens with two attached hydrogens (primary N) is 1. The second-order valence-corrected chi connectivity index (χ2v) is 7.36. The van der Waals surface area contributed by atoms with Gasteiger partial charge in [-0.3, -0.25) is 15.2 Å². The summed E-state index contributed by atoms with van der Waals surface area (Å²) in [5, 5.41) is 7.67. The van der Waals surface area contributed by atoms with Gasteiger partial charge in [0.1, 0.15) is 11.6 Å². The molecular formula is C25H29N5O2. The number of amidine groups is 1. The second-order valence-electron chi connectivity index (χ2n) is 7.36. The van der Waals surface area contributed by atoms with Gasteiger partial charge in [0.2, 0.25) is 6.10 Å². The third-order valence-corrected chi connectivity index (χ3v) is 5.21. The van der Waals surface area contributed by atoms with Crippen LogP contribution in [0.4, 0.5) is 5.69 Å². The number of hydrogen-bond donors (Lipinski definition) is 2. The molecule has 0 spiro atoms. The van der Waals surface area contributed by atoms with E-state index in [9.17, 15) is 4.79 Å². The average molecular weight is 432 g/mol. The number of allylic oxidation sites excluding steroid dienone is 3. The summed E-state index contributed by atoms with van der Waals surface area (Å²) in [6.45, 7) is 8.30. The number of piperazine rings is 1. The Morgan fingerprint density at radius 2 is 1.94 bits per heavy atom. The van der Waals surface area contributed by atoms with E-state index < -0.39 is 6.10 Å². The van der Waals surface area contributed by atoms with Gasteiger partial charge in [0.05, 0.1) is 0 Å². The molecule has 7 heteroatoms. The van der Waals surface area contributed by atoms with E-state index in [1.807, 2.05) is 36.1 Å². The maximum atomic E-state index is 13.6. The molecule has 0 saturated carbocycles. The third-order valence-electron chi connectivity index (χ3n) is 5.21. The molecular weight excluding hydrogens is 402 g/mol. The summed E-state index contributed by atoms with van der Waals surface area (Å²) in [7, 11) is 0. The van der Waals surface area contributed by atoms with Gasteiger partial charge in [0.15, 0.2) is 0 Å². The molecule has 2 aromatic rings. The number of nitrogen functional groups attached to an aromatic ring is 1. The van der Waals surface area contributed by atoms with Gasteiger partial charge in [-0.15, -0.1) is 0 Å². The van der Waals surface area contributed by atoms with Crippen LogP contribution in [0.15, 0.2) is 85.2 Å². The zero-order valence-electron chi connectivity index (χ0n) is 18.3. The first kappa shape index (κ1) is 22.8. The number of ether oxygens (including phenoxy) is 1. The minimum absolute atomic E-state index is 0.0547. The molecule has 1 aromatic carbocycles. The van der Waals surface area contributed by atoms with Crippen LogP contribution in [0.3, 0.4) is 0 Å². The molecule has 7 nitrogen and oxygen atoms in total. The standard InChI is InChI=1S/C25H29N5O2/c1-3-6-19(7-4-2)23(32-22-9-5-8-20(18-22)24(26)27)25(31)30-16-14-29(15-17-30)21-10-12-28-13-11-21/h3-13,18,23H,1,14-17H2,2H3,(H3,26,27)/b7-4-,19-6+. The number of rotatable bonds is 8. The van der Waals surface area contributed by atoms with Crippen LogP contribution >= 0.6 is 0 Å². The van der Waals surface area contributed by atoms with E-state index in [0.29, 0.717) is 30.0 Å². The summed E-state index contributed by atoms with van der Waals surface area (Å²) >= 11 is 0. The normalized spacial score (nSPS) is 15.5. The van der Waals surface area contributed by atoms with Gasteiger partial charge in [-0.25, -0.2) is 0 Å². The first-order valence-corrected chi connectivity index (χ1v) is 10.5. The molecule has 3 rings (SSSR count). The Hall–Kier alpha value is -3.87. The summed E-state index contributed by atoms with van der Waals surface area (Å²) in [6.07, 6.45) is 9.86. The number of carbonyl (C=O) groups excluding carboxylic acids is 1. The van der Waals surface area contributed by atoms with Crippen molar-refractivity contribution in [2.75, 3.05) is 31.1 Å². The summed E-state index contributed by atoms with van der Waals surface area (Å²) < 4.78 is 6.17. The van der Waals surface area contributed by atoms with Crippen LogP contribution in [-0.2, 0) is 4.79 Å². The van der Waals surface area contributed by atoms with E-state index in [1.165, 1.54) is 0 Å². The van der Waals surface area contributed by atoms with E-state index in [0.717, 1.165) is 18.8 Å². The molecule has 1 aliphatic heterocycles. The Balaban J connectivity index is 1.81. The Morgan fingerprint density at radius 1 is 1.22 bits per heavy atom. The van der Waals surface area contributed by atoms with E-state index >= 15 is 0 Å². The molecule has 3 N–H and O–H groups in total. The number of anilines is 1. The van der Waals surface area contributed by atoms with Crippen molar-refractivity contribution >= 4 is 17.4 Å². The maximum Gasteiger partial charge on any atom is 0.268 e. The number of benzene rings is 1. The minimum atomic E-state index is -0.834. The van der Waals surface area contributed by atoms with Crippen molar-refractivity contribution in [2.24, 2.45) is 5.73 Å². The monoisotopic (exact) mass is 431 g/mol. The molecule has 166 valence electrons. The van der Waals surface area contributed by atoms with Gasteiger partial charge in [-0.1, -0.05) is 43.0 Å². The number of aromatic nitrogens is 1. The predicted octanol–water partition coefficient (Wildman–Crippen LogP) is 3.15. The minimum Gasteiger partial charge on any atom is -0.476 e. The van der Waals surface area contributed by atoms with E-state index in [4.69, 9.17) is 15.9 Å². The van der Waals surface area contributed by atoms with Crippen LogP contribution in [-0.4, -0.2) is 53.9 Å². The lowest BCUT2D eigenvalue weighted by molar-refractivity contribution is -0.137. The summed E-state index contributed by atoms with van der Waals surface area (Å²) in [4.78, 5) is 21.7. The van der Waals surface area contributed by atoms with Crippen molar-refractivity contribution in [2.45, 2.75) is 13.0 Å². The Kier molecular flexibility index (Phi) is 7.80. The topological polar surface area (TPSA) is 95.5 Å². The highest BCUT2D eigenvalue weighted by molar-refractivity contribution is 5.95. The number of nitrogens with one attached hydrogen (secondary N) is 1.